The van der Waals surface area contributed by atoms with Crippen LogP contribution in [0, 0.1) is 0 Å². The predicted molar refractivity (Wildman–Crippen MR) is 34.4 cm³/mol. The Kier molecular flexibility index (Phi) is 1.31. The lowest BCUT2D eigenvalue weighted by atomic mass is 10.0. The Hall–Kier alpha value is -0.200. The lowest BCUT2D eigenvalue weighted by molar-refractivity contribution is -0.251. The van der Waals surface area contributed by atoms with Crippen LogP contribution in [0.5, 0.6) is 0 Å². The molecule has 0 aromatic carbocycles. The second-order valence-corrected chi connectivity index (χ2v) is 3.01. The molecule has 5 heteroatoms. The number of hydrogen-bond acceptors (Lipinski definition) is 5. The Morgan fingerprint density at radius 1 is 1.45 bits per heavy atom. The molecule has 5 nitrogen and oxygen atoms in total. The molecule has 3 atom stereocenters. The van der Waals surface area contributed by atoms with Gasteiger partial charge in [0.05, 0.1) is 13.2 Å². The summed E-state index contributed by atoms with van der Waals surface area (Å²) < 4.78 is 9.97. The van der Waals surface area contributed by atoms with Gasteiger partial charge in [0.2, 0.25) is 5.79 Å². The van der Waals surface area contributed by atoms with Gasteiger partial charge in [0.15, 0.2) is 5.72 Å². The molecule has 2 heterocycles. The highest BCUT2D eigenvalue weighted by Gasteiger charge is 2.63. The van der Waals surface area contributed by atoms with Gasteiger partial charge in [-0.2, -0.15) is 0 Å². The Morgan fingerprint density at radius 3 is 2.82 bits per heavy atom. The van der Waals surface area contributed by atoms with E-state index < -0.39 is 17.6 Å². The summed E-state index contributed by atoms with van der Waals surface area (Å²) in [6.07, 6.45) is -0.615. The average Bonchev–Trinajstić information content (AvgIpc) is 2.34. The van der Waals surface area contributed by atoms with Gasteiger partial charge in [-0.3, -0.25) is 5.73 Å². The number of rotatable bonds is 0. The number of aliphatic hydroxyl groups is 2. The van der Waals surface area contributed by atoms with Crippen molar-refractivity contribution in [2.24, 2.45) is 5.73 Å². The van der Waals surface area contributed by atoms with Crippen molar-refractivity contribution in [1.82, 2.24) is 0 Å². The lowest BCUT2D eigenvalue weighted by Gasteiger charge is -2.30. The predicted octanol–water partition coefficient (Wildman–Crippen LogP) is -1.86. The standard InChI is InChI=1S/C6H11NO4/c7-5-1-2-10-6(5,9)4(8)3-11-5/h4,8-9H,1-3,7H2/t4-,5+,6+/m0/s1. The van der Waals surface area contributed by atoms with Gasteiger partial charge in [-0.25, -0.2) is 0 Å². The summed E-state index contributed by atoms with van der Waals surface area (Å²) in [7, 11) is 0. The molecule has 0 aliphatic carbocycles. The Bertz CT molecular complexity index is 187. The molecule has 4 N–H and O–H groups in total. The maximum Gasteiger partial charge on any atom is 0.238 e. The SMILES string of the molecule is N[C@@]12CCO[C@]1(O)[C@@H](O)CO2. The molecule has 0 amide bonds. The maximum absolute atomic E-state index is 9.64. The van der Waals surface area contributed by atoms with Gasteiger partial charge in [-0.1, -0.05) is 0 Å². The van der Waals surface area contributed by atoms with E-state index >= 15 is 0 Å². The van der Waals surface area contributed by atoms with E-state index in [0.717, 1.165) is 0 Å². The van der Waals surface area contributed by atoms with E-state index in [1.54, 1.807) is 0 Å². The third-order valence-electron chi connectivity index (χ3n) is 2.35. The van der Waals surface area contributed by atoms with Gasteiger partial charge < -0.3 is 19.7 Å². The van der Waals surface area contributed by atoms with Crippen molar-refractivity contribution in [2.75, 3.05) is 13.2 Å². The first-order chi connectivity index (χ1) is 5.08. The van der Waals surface area contributed by atoms with Gasteiger partial charge in [0.25, 0.3) is 0 Å². The zero-order valence-corrected chi connectivity index (χ0v) is 5.99. The molecule has 0 saturated carbocycles. The van der Waals surface area contributed by atoms with Crippen LogP contribution >= 0.6 is 0 Å². The molecule has 2 fully saturated rings. The molecule has 2 rings (SSSR count). The summed E-state index contributed by atoms with van der Waals surface area (Å²) in [5.74, 6) is -1.69. The van der Waals surface area contributed by atoms with Crippen molar-refractivity contribution in [3.8, 4) is 0 Å². The number of hydrogen-bond donors (Lipinski definition) is 3. The quantitative estimate of drug-likeness (QED) is 0.388. The average molecular weight is 161 g/mol. The normalized spacial score (nSPS) is 56.5. The third-order valence-corrected chi connectivity index (χ3v) is 2.35. The van der Waals surface area contributed by atoms with E-state index in [1.165, 1.54) is 0 Å². The van der Waals surface area contributed by atoms with Crippen LogP contribution in [0.1, 0.15) is 6.42 Å². The van der Waals surface area contributed by atoms with Crippen LogP contribution in [0.4, 0.5) is 0 Å². The number of ether oxygens (including phenoxy) is 2. The molecule has 0 radical (unpaired) electrons. The van der Waals surface area contributed by atoms with Crippen molar-refractivity contribution in [2.45, 2.75) is 24.0 Å². The van der Waals surface area contributed by atoms with Crippen molar-refractivity contribution < 1.29 is 19.7 Å². The van der Waals surface area contributed by atoms with E-state index in [0.29, 0.717) is 13.0 Å². The monoisotopic (exact) mass is 161 g/mol. The summed E-state index contributed by atoms with van der Waals surface area (Å²) in [6, 6.07) is 0. The molecule has 0 spiro atoms. The highest BCUT2D eigenvalue weighted by Crippen LogP contribution is 2.40. The molecule has 2 saturated heterocycles. The van der Waals surface area contributed by atoms with Crippen molar-refractivity contribution in [1.29, 1.82) is 0 Å². The van der Waals surface area contributed by atoms with E-state index in [9.17, 15) is 10.2 Å². The molecule has 0 unspecified atom stereocenters. The molecule has 0 aromatic heterocycles. The van der Waals surface area contributed by atoms with E-state index in [4.69, 9.17) is 15.2 Å². The van der Waals surface area contributed by atoms with Crippen LogP contribution in [-0.4, -0.2) is 41.0 Å². The summed E-state index contributed by atoms with van der Waals surface area (Å²) in [5.41, 5.74) is 4.43. The molecule has 0 bridgehead atoms. The minimum atomic E-state index is -1.69. The molecule has 11 heavy (non-hydrogen) atoms. The summed E-state index contributed by atoms with van der Waals surface area (Å²) in [6.45, 7) is 0.358. The minimum absolute atomic E-state index is 0.0347. The van der Waals surface area contributed by atoms with Gasteiger partial charge in [0, 0.05) is 6.42 Å². The fourth-order valence-electron chi connectivity index (χ4n) is 1.55. The highest BCUT2D eigenvalue weighted by atomic mass is 16.7. The maximum atomic E-state index is 9.64. The van der Waals surface area contributed by atoms with Crippen molar-refractivity contribution >= 4 is 0 Å². The van der Waals surface area contributed by atoms with Crippen molar-refractivity contribution in [3.63, 3.8) is 0 Å². The number of fused-ring (bicyclic) bond motifs is 1. The smallest absolute Gasteiger partial charge is 0.238 e. The van der Waals surface area contributed by atoms with E-state index in [1.807, 2.05) is 0 Å². The zero-order chi connectivity index (χ0) is 8.11. The van der Waals surface area contributed by atoms with Crippen LogP contribution in [0.25, 0.3) is 0 Å². The summed E-state index contributed by atoms with van der Waals surface area (Å²) in [4.78, 5) is 0. The fraction of sp³-hybridized carbons (Fsp3) is 1.00. The largest absolute Gasteiger partial charge is 0.385 e. The number of nitrogens with two attached hydrogens (primary N) is 1. The Morgan fingerprint density at radius 2 is 2.18 bits per heavy atom. The first-order valence-electron chi connectivity index (χ1n) is 3.56. The lowest BCUT2D eigenvalue weighted by Crippen LogP contribution is -2.58. The molecule has 2 aliphatic heterocycles. The second kappa shape index (κ2) is 1.94. The van der Waals surface area contributed by atoms with Gasteiger partial charge in [-0.15, -0.1) is 0 Å². The molecular formula is C6H11NO4. The van der Waals surface area contributed by atoms with Gasteiger partial charge >= 0.3 is 0 Å². The first-order valence-corrected chi connectivity index (χ1v) is 3.56. The van der Waals surface area contributed by atoms with Crippen LogP contribution in [0.2, 0.25) is 0 Å². The van der Waals surface area contributed by atoms with Gasteiger partial charge in [0.1, 0.15) is 6.10 Å². The first kappa shape index (κ1) is 7.45. The van der Waals surface area contributed by atoms with E-state index in [-0.39, 0.29) is 6.61 Å². The molecule has 0 aromatic rings. The molecule has 64 valence electrons. The zero-order valence-electron chi connectivity index (χ0n) is 5.99. The fourth-order valence-corrected chi connectivity index (χ4v) is 1.55. The van der Waals surface area contributed by atoms with Gasteiger partial charge in [-0.05, 0) is 0 Å². The van der Waals surface area contributed by atoms with Crippen LogP contribution in [0.15, 0.2) is 0 Å². The summed E-state index contributed by atoms with van der Waals surface area (Å²) in [5, 5.41) is 18.9. The van der Waals surface area contributed by atoms with Crippen LogP contribution in [0.3, 0.4) is 0 Å². The highest BCUT2D eigenvalue weighted by molar-refractivity contribution is 5.04. The van der Waals surface area contributed by atoms with Crippen molar-refractivity contribution in [3.05, 3.63) is 0 Å². The van der Waals surface area contributed by atoms with Crippen LogP contribution in [-0.2, 0) is 9.47 Å². The minimum Gasteiger partial charge on any atom is -0.385 e. The summed E-state index contributed by atoms with van der Waals surface area (Å²) >= 11 is 0. The molecule has 2 aliphatic rings. The molecular weight excluding hydrogens is 150 g/mol. The van der Waals surface area contributed by atoms with Crippen LogP contribution < -0.4 is 5.73 Å². The Labute approximate surface area is 63.7 Å². The topological polar surface area (TPSA) is 84.9 Å². The third kappa shape index (κ3) is 0.719. The second-order valence-electron chi connectivity index (χ2n) is 3.01. The number of aliphatic hydroxyl groups excluding tert-OH is 1. The van der Waals surface area contributed by atoms with E-state index in [2.05, 4.69) is 0 Å². The Balaban J connectivity index is 2.33.